The Morgan fingerprint density at radius 3 is 2.00 bits per heavy atom. The van der Waals surface area contributed by atoms with Crippen LogP contribution in [-0.2, 0) is 5.79 Å². The van der Waals surface area contributed by atoms with Crippen LogP contribution in [0.3, 0.4) is 0 Å². The quantitative estimate of drug-likeness (QED) is 0.474. The summed E-state index contributed by atoms with van der Waals surface area (Å²) in [5.74, 6) is -1.27. The SMILES string of the molecule is CC.NC(N)(N)c1cccc(O)c1. The van der Waals surface area contributed by atoms with Crippen LogP contribution >= 0.6 is 0 Å². The van der Waals surface area contributed by atoms with Gasteiger partial charge in [0, 0.05) is 5.56 Å². The Balaban J connectivity index is 0.000000671. The fourth-order valence-electron chi connectivity index (χ4n) is 0.775. The minimum atomic E-state index is -1.38. The molecule has 7 N–H and O–H groups in total. The van der Waals surface area contributed by atoms with Crippen LogP contribution in [0.25, 0.3) is 0 Å². The average molecular weight is 183 g/mol. The number of nitrogens with two attached hydrogens (primary N) is 3. The van der Waals surface area contributed by atoms with E-state index < -0.39 is 5.79 Å². The maximum atomic E-state index is 9.01. The van der Waals surface area contributed by atoms with Crippen LogP contribution < -0.4 is 17.2 Å². The lowest BCUT2D eigenvalue weighted by atomic mass is 10.1. The largest absolute Gasteiger partial charge is 0.508 e. The smallest absolute Gasteiger partial charge is 0.143 e. The van der Waals surface area contributed by atoms with Gasteiger partial charge in [-0.2, -0.15) is 0 Å². The van der Waals surface area contributed by atoms with E-state index >= 15 is 0 Å². The van der Waals surface area contributed by atoms with Gasteiger partial charge in [-0.15, -0.1) is 0 Å². The zero-order valence-electron chi connectivity index (χ0n) is 7.99. The second kappa shape index (κ2) is 4.81. The van der Waals surface area contributed by atoms with Gasteiger partial charge in [0.1, 0.15) is 11.5 Å². The fourth-order valence-corrected chi connectivity index (χ4v) is 0.775. The molecular weight excluding hydrogens is 166 g/mol. The molecule has 1 aromatic rings. The molecular formula is C9H17N3O. The molecule has 13 heavy (non-hydrogen) atoms. The summed E-state index contributed by atoms with van der Waals surface area (Å²) in [6, 6.07) is 6.24. The van der Waals surface area contributed by atoms with Crippen molar-refractivity contribution in [3.05, 3.63) is 29.8 Å². The summed E-state index contributed by atoms with van der Waals surface area (Å²) < 4.78 is 0. The maximum Gasteiger partial charge on any atom is 0.143 e. The average Bonchev–Trinajstić information content (AvgIpc) is 2.06. The molecule has 0 bridgehead atoms. The number of rotatable bonds is 1. The van der Waals surface area contributed by atoms with Gasteiger partial charge in [0.25, 0.3) is 0 Å². The Morgan fingerprint density at radius 1 is 1.15 bits per heavy atom. The molecule has 1 aromatic carbocycles. The van der Waals surface area contributed by atoms with Crippen molar-refractivity contribution in [3.63, 3.8) is 0 Å². The number of benzene rings is 1. The van der Waals surface area contributed by atoms with E-state index in [0.29, 0.717) is 5.56 Å². The Kier molecular flexibility index (Phi) is 4.40. The monoisotopic (exact) mass is 183 g/mol. The predicted molar refractivity (Wildman–Crippen MR) is 53.7 cm³/mol. The van der Waals surface area contributed by atoms with E-state index in [-0.39, 0.29) is 5.75 Å². The second-order valence-corrected chi connectivity index (χ2v) is 2.48. The van der Waals surface area contributed by atoms with Crippen LogP contribution in [0.5, 0.6) is 5.75 Å². The van der Waals surface area contributed by atoms with Crippen LogP contribution in [0.15, 0.2) is 24.3 Å². The highest BCUT2D eigenvalue weighted by atomic mass is 16.3. The number of aromatic hydroxyl groups is 1. The number of phenols is 1. The van der Waals surface area contributed by atoms with Crippen LogP contribution in [0, 0.1) is 0 Å². The normalized spacial score (nSPS) is 10.2. The second-order valence-electron chi connectivity index (χ2n) is 2.48. The van der Waals surface area contributed by atoms with E-state index in [2.05, 4.69) is 0 Å². The van der Waals surface area contributed by atoms with Crippen molar-refractivity contribution in [1.82, 2.24) is 0 Å². The van der Waals surface area contributed by atoms with Crippen molar-refractivity contribution in [1.29, 1.82) is 0 Å². The van der Waals surface area contributed by atoms with E-state index in [0.717, 1.165) is 0 Å². The van der Waals surface area contributed by atoms with Crippen molar-refractivity contribution < 1.29 is 5.11 Å². The van der Waals surface area contributed by atoms with E-state index in [1.165, 1.54) is 12.1 Å². The highest BCUT2D eigenvalue weighted by Gasteiger charge is 2.14. The van der Waals surface area contributed by atoms with E-state index in [1.807, 2.05) is 13.8 Å². The lowest BCUT2D eigenvalue weighted by Crippen LogP contribution is -2.54. The lowest BCUT2D eigenvalue weighted by Gasteiger charge is -2.18. The minimum Gasteiger partial charge on any atom is -0.508 e. The highest BCUT2D eigenvalue weighted by Crippen LogP contribution is 2.14. The first-order valence-corrected chi connectivity index (χ1v) is 4.16. The summed E-state index contributed by atoms with van der Waals surface area (Å²) in [5.41, 5.74) is 16.6. The van der Waals surface area contributed by atoms with Gasteiger partial charge in [-0.3, -0.25) is 17.2 Å². The minimum absolute atomic E-state index is 0.105. The Labute approximate surface area is 78.3 Å². The van der Waals surface area contributed by atoms with Crippen LogP contribution in [-0.4, -0.2) is 5.11 Å². The van der Waals surface area contributed by atoms with E-state index in [1.54, 1.807) is 12.1 Å². The number of phenolic OH excluding ortho intramolecular Hbond substituents is 1. The molecule has 0 aliphatic carbocycles. The van der Waals surface area contributed by atoms with Crippen molar-refractivity contribution >= 4 is 0 Å². The van der Waals surface area contributed by atoms with Crippen LogP contribution in [0.4, 0.5) is 0 Å². The van der Waals surface area contributed by atoms with Gasteiger partial charge in [0.2, 0.25) is 0 Å². The van der Waals surface area contributed by atoms with Gasteiger partial charge in [0.05, 0.1) is 0 Å². The first-order chi connectivity index (χ1) is 6.00. The van der Waals surface area contributed by atoms with Crippen LogP contribution in [0.1, 0.15) is 19.4 Å². The van der Waals surface area contributed by atoms with Gasteiger partial charge in [0.15, 0.2) is 0 Å². The van der Waals surface area contributed by atoms with Gasteiger partial charge in [-0.1, -0.05) is 26.0 Å². The van der Waals surface area contributed by atoms with E-state index in [4.69, 9.17) is 22.3 Å². The molecule has 0 aliphatic heterocycles. The summed E-state index contributed by atoms with van der Waals surface area (Å²) in [5, 5.41) is 9.01. The topological polar surface area (TPSA) is 98.3 Å². The zero-order chi connectivity index (χ0) is 10.5. The molecule has 0 amide bonds. The molecule has 0 aromatic heterocycles. The summed E-state index contributed by atoms with van der Waals surface area (Å²) in [6.07, 6.45) is 0. The maximum absolute atomic E-state index is 9.01. The summed E-state index contributed by atoms with van der Waals surface area (Å²) >= 11 is 0. The van der Waals surface area contributed by atoms with Crippen molar-refractivity contribution in [2.45, 2.75) is 19.6 Å². The van der Waals surface area contributed by atoms with Crippen molar-refractivity contribution in [3.8, 4) is 5.75 Å². The van der Waals surface area contributed by atoms with Crippen molar-refractivity contribution in [2.24, 2.45) is 17.2 Å². The molecule has 0 spiro atoms. The predicted octanol–water partition coefficient (Wildman–Crippen LogP) is 0.405. The third-order valence-electron chi connectivity index (χ3n) is 1.35. The zero-order valence-corrected chi connectivity index (χ0v) is 7.99. The molecule has 74 valence electrons. The first kappa shape index (κ1) is 11.9. The Hall–Kier alpha value is -1.10. The van der Waals surface area contributed by atoms with Crippen LogP contribution in [0.2, 0.25) is 0 Å². The molecule has 0 radical (unpaired) electrons. The van der Waals surface area contributed by atoms with Gasteiger partial charge < -0.3 is 5.11 Å². The molecule has 0 unspecified atom stereocenters. The van der Waals surface area contributed by atoms with Gasteiger partial charge in [-0.25, -0.2) is 0 Å². The van der Waals surface area contributed by atoms with Crippen molar-refractivity contribution in [2.75, 3.05) is 0 Å². The third-order valence-corrected chi connectivity index (χ3v) is 1.35. The molecule has 4 nitrogen and oxygen atoms in total. The molecule has 0 saturated heterocycles. The number of hydrogen-bond acceptors (Lipinski definition) is 4. The molecule has 0 aliphatic rings. The fraction of sp³-hybridized carbons (Fsp3) is 0.333. The number of hydrogen-bond donors (Lipinski definition) is 4. The molecule has 0 heterocycles. The lowest BCUT2D eigenvalue weighted by molar-refractivity contribution is 0.459. The Bertz CT molecular complexity index is 255. The van der Waals surface area contributed by atoms with E-state index in [9.17, 15) is 0 Å². The third kappa shape index (κ3) is 3.89. The summed E-state index contributed by atoms with van der Waals surface area (Å²) in [4.78, 5) is 0. The molecule has 0 atom stereocenters. The highest BCUT2D eigenvalue weighted by molar-refractivity contribution is 5.30. The standard InChI is InChI=1S/C7H11N3O.C2H6/c8-7(9,10)5-2-1-3-6(11)4-5;1-2/h1-4,11H,8-10H2;1-2H3. The first-order valence-electron chi connectivity index (χ1n) is 4.16. The molecule has 4 heteroatoms. The van der Waals surface area contributed by atoms with Gasteiger partial charge >= 0.3 is 0 Å². The summed E-state index contributed by atoms with van der Waals surface area (Å²) in [7, 11) is 0. The molecule has 0 saturated carbocycles. The summed E-state index contributed by atoms with van der Waals surface area (Å²) in [6.45, 7) is 4.00. The Morgan fingerprint density at radius 2 is 1.69 bits per heavy atom. The van der Waals surface area contributed by atoms with Gasteiger partial charge in [-0.05, 0) is 12.1 Å². The molecule has 0 fully saturated rings. The molecule has 1 rings (SSSR count).